The summed E-state index contributed by atoms with van der Waals surface area (Å²) in [4.78, 5) is 11.5. The van der Waals surface area contributed by atoms with Gasteiger partial charge < -0.3 is 4.57 Å². The fourth-order valence-corrected chi connectivity index (χ4v) is 2.10. The molecular formula is C9H12INO3S. The van der Waals surface area contributed by atoms with E-state index >= 15 is 0 Å². The third-order valence-corrected chi connectivity index (χ3v) is 4.03. The minimum Gasteiger partial charge on any atom is -0.313 e. The molecule has 0 fully saturated rings. The Labute approximate surface area is 102 Å². The van der Waals surface area contributed by atoms with Crippen LogP contribution >= 0.6 is 22.6 Å². The number of rotatable bonds is 3. The van der Waals surface area contributed by atoms with Crippen molar-refractivity contribution < 1.29 is 8.42 Å². The number of hydrogen-bond acceptors (Lipinski definition) is 3. The van der Waals surface area contributed by atoms with Crippen molar-refractivity contribution in [1.29, 1.82) is 0 Å². The molecule has 0 unspecified atom stereocenters. The van der Waals surface area contributed by atoms with Gasteiger partial charge in [0.15, 0.2) is 0 Å². The quantitative estimate of drug-likeness (QED) is 0.765. The summed E-state index contributed by atoms with van der Waals surface area (Å²) in [6, 6.07) is 1.52. The van der Waals surface area contributed by atoms with Gasteiger partial charge in [-0.15, -0.1) is 0 Å². The number of nitrogens with zero attached hydrogens (tertiary/aromatic N) is 1. The third kappa shape index (κ3) is 3.94. The fourth-order valence-electron chi connectivity index (χ4n) is 1.08. The molecule has 84 valence electrons. The van der Waals surface area contributed by atoms with E-state index in [4.69, 9.17) is 0 Å². The Balaban J connectivity index is 2.97. The van der Waals surface area contributed by atoms with Crippen LogP contribution in [0.3, 0.4) is 0 Å². The highest BCUT2D eigenvalue weighted by Crippen LogP contribution is 2.07. The Morgan fingerprint density at radius 1 is 1.47 bits per heavy atom. The molecule has 0 amide bonds. The summed E-state index contributed by atoms with van der Waals surface area (Å²) in [6.45, 7) is 2.07. The van der Waals surface area contributed by atoms with Gasteiger partial charge in [0.1, 0.15) is 9.84 Å². The van der Waals surface area contributed by atoms with Crippen molar-refractivity contribution in [2.45, 2.75) is 13.5 Å². The molecule has 0 spiro atoms. The molecule has 1 aromatic rings. The first-order valence-electron chi connectivity index (χ1n) is 4.34. The minimum atomic E-state index is -3.02. The normalized spacial score (nSPS) is 11.7. The summed E-state index contributed by atoms with van der Waals surface area (Å²) in [7, 11) is -3.02. The number of sulfone groups is 1. The van der Waals surface area contributed by atoms with Crippen LogP contribution in [0.4, 0.5) is 0 Å². The van der Waals surface area contributed by atoms with Gasteiger partial charge in [-0.1, -0.05) is 0 Å². The van der Waals surface area contributed by atoms with Crippen LogP contribution in [-0.4, -0.2) is 25.0 Å². The van der Waals surface area contributed by atoms with Crippen molar-refractivity contribution >= 4 is 32.4 Å². The van der Waals surface area contributed by atoms with E-state index in [2.05, 4.69) is 22.6 Å². The Hall–Kier alpha value is -0.370. The first kappa shape index (κ1) is 12.7. The molecule has 1 rings (SSSR count). The number of halogens is 1. The first-order chi connectivity index (χ1) is 6.79. The smallest absolute Gasteiger partial charge is 0.250 e. The van der Waals surface area contributed by atoms with E-state index in [1.807, 2.05) is 6.92 Å². The van der Waals surface area contributed by atoms with Gasteiger partial charge in [0.25, 0.3) is 5.56 Å². The predicted octanol–water partition coefficient (Wildman–Crippen LogP) is 0.806. The average Bonchev–Trinajstić information content (AvgIpc) is 2.07. The van der Waals surface area contributed by atoms with Crippen LogP contribution in [0.2, 0.25) is 0 Å². The van der Waals surface area contributed by atoms with Gasteiger partial charge >= 0.3 is 0 Å². The van der Waals surface area contributed by atoms with Crippen molar-refractivity contribution in [1.82, 2.24) is 4.57 Å². The van der Waals surface area contributed by atoms with E-state index in [9.17, 15) is 13.2 Å². The molecule has 1 heterocycles. The van der Waals surface area contributed by atoms with Crippen molar-refractivity contribution in [3.05, 3.63) is 31.8 Å². The lowest BCUT2D eigenvalue weighted by Gasteiger charge is -2.06. The predicted molar refractivity (Wildman–Crippen MR) is 67.9 cm³/mol. The van der Waals surface area contributed by atoms with Crippen molar-refractivity contribution in [3.8, 4) is 0 Å². The van der Waals surface area contributed by atoms with Crippen LogP contribution in [0.15, 0.2) is 17.1 Å². The topological polar surface area (TPSA) is 56.1 Å². The molecule has 0 aliphatic rings. The molecule has 0 aliphatic carbocycles. The highest BCUT2D eigenvalue weighted by Gasteiger charge is 2.05. The maximum atomic E-state index is 11.5. The minimum absolute atomic E-state index is 0.00789. The van der Waals surface area contributed by atoms with Gasteiger partial charge in [-0.3, -0.25) is 4.79 Å². The van der Waals surface area contributed by atoms with Gasteiger partial charge in [0, 0.05) is 28.6 Å². The largest absolute Gasteiger partial charge is 0.313 e. The summed E-state index contributed by atoms with van der Waals surface area (Å²) in [5.41, 5.74) is 0.757. The van der Waals surface area contributed by atoms with Crippen LogP contribution in [0.1, 0.15) is 5.56 Å². The summed E-state index contributed by atoms with van der Waals surface area (Å²) >= 11 is 2.12. The lowest BCUT2D eigenvalue weighted by atomic mass is 10.3. The lowest BCUT2D eigenvalue weighted by Crippen LogP contribution is -2.23. The van der Waals surface area contributed by atoms with Gasteiger partial charge in [-0.25, -0.2) is 8.42 Å². The molecule has 0 saturated carbocycles. The standard InChI is InChI=1S/C9H12INO3S/c1-7-5-9(12)11(6-8(7)10)3-4-15(2,13)14/h5-6H,3-4H2,1-2H3. The average molecular weight is 341 g/mol. The van der Waals surface area contributed by atoms with Gasteiger partial charge in [0.2, 0.25) is 0 Å². The Morgan fingerprint density at radius 3 is 2.60 bits per heavy atom. The lowest BCUT2D eigenvalue weighted by molar-refractivity contribution is 0.592. The molecule has 15 heavy (non-hydrogen) atoms. The summed E-state index contributed by atoms with van der Waals surface area (Å²) in [5.74, 6) is -0.00789. The van der Waals surface area contributed by atoms with Crippen molar-refractivity contribution in [3.63, 3.8) is 0 Å². The third-order valence-electron chi connectivity index (χ3n) is 1.97. The molecular weight excluding hydrogens is 329 g/mol. The maximum Gasteiger partial charge on any atom is 0.250 e. The highest BCUT2D eigenvalue weighted by atomic mass is 127. The summed E-state index contributed by atoms with van der Waals surface area (Å²) in [6.07, 6.45) is 2.85. The second-order valence-electron chi connectivity index (χ2n) is 3.47. The second kappa shape index (κ2) is 4.65. The van der Waals surface area contributed by atoms with Crippen molar-refractivity contribution in [2.75, 3.05) is 12.0 Å². The van der Waals surface area contributed by atoms with Gasteiger partial charge in [-0.05, 0) is 35.1 Å². The zero-order valence-corrected chi connectivity index (χ0v) is 11.5. The molecule has 0 saturated heterocycles. The van der Waals surface area contributed by atoms with Crippen LogP contribution in [0, 0.1) is 10.5 Å². The van der Waals surface area contributed by atoms with Crippen molar-refractivity contribution in [2.24, 2.45) is 0 Å². The SMILES string of the molecule is Cc1cc(=O)n(CCS(C)(=O)=O)cc1I. The number of hydrogen-bond donors (Lipinski definition) is 0. The summed E-state index contributed by atoms with van der Waals surface area (Å²) < 4.78 is 24.3. The van der Waals surface area contributed by atoms with Crippen LogP contribution in [-0.2, 0) is 16.4 Å². The Kier molecular flexibility index (Phi) is 3.93. The molecule has 6 heteroatoms. The summed E-state index contributed by atoms with van der Waals surface area (Å²) in [5, 5.41) is 0. The van der Waals surface area contributed by atoms with E-state index in [1.165, 1.54) is 10.6 Å². The Bertz CT molecular complexity index is 519. The van der Waals surface area contributed by atoms with Gasteiger partial charge in [0.05, 0.1) is 5.75 Å². The molecule has 4 nitrogen and oxygen atoms in total. The van der Waals surface area contributed by atoms with Crippen LogP contribution in [0.25, 0.3) is 0 Å². The van der Waals surface area contributed by atoms with E-state index in [1.54, 1.807) is 6.20 Å². The van der Waals surface area contributed by atoms with E-state index < -0.39 is 9.84 Å². The van der Waals surface area contributed by atoms with E-state index in [0.29, 0.717) is 0 Å². The molecule has 1 aromatic heterocycles. The molecule has 0 N–H and O–H groups in total. The monoisotopic (exact) mass is 341 g/mol. The number of aryl methyl sites for hydroxylation is 2. The van der Waals surface area contributed by atoms with Crippen LogP contribution in [0.5, 0.6) is 0 Å². The molecule has 0 aromatic carbocycles. The molecule has 0 radical (unpaired) electrons. The second-order valence-corrected chi connectivity index (χ2v) is 6.89. The number of pyridine rings is 1. The van der Waals surface area contributed by atoms with E-state index in [0.717, 1.165) is 15.4 Å². The fraction of sp³-hybridized carbons (Fsp3) is 0.444. The molecule has 0 bridgehead atoms. The molecule has 0 aliphatic heterocycles. The molecule has 0 atom stereocenters. The van der Waals surface area contributed by atoms with Gasteiger partial charge in [-0.2, -0.15) is 0 Å². The highest BCUT2D eigenvalue weighted by molar-refractivity contribution is 14.1. The first-order valence-corrected chi connectivity index (χ1v) is 7.48. The number of aromatic nitrogens is 1. The zero-order chi connectivity index (χ0) is 11.6. The maximum absolute atomic E-state index is 11.5. The Morgan fingerprint density at radius 2 is 2.07 bits per heavy atom. The van der Waals surface area contributed by atoms with E-state index in [-0.39, 0.29) is 17.9 Å². The zero-order valence-electron chi connectivity index (χ0n) is 8.53. The van der Waals surface area contributed by atoms with Crippen LogP contribution < -0.4 is 5.56 Å².